The minimum Gasteiger partial charge on any atom is -0.497 e. The predicted octanol–water partition coefficient (Wildman–Crippen LogP) is 6.14. The van der Waals surface area contributed by atoms with Crippen molar-refractivity contribution < 1.29 is 4.74 Å². The van der Waals surface area contributed by atoms with Crippen LogP contribution in [0, 0.1) is 0 Å². The Morgan fingerprint density at radius 3 is 1.78 bits per heavy atom. The van der Waals surface area contributed by atoms with E-state index in [1.165, 1.54) is 16.7 Å². The largest absolute Gasteiger partial charge is 0.497 e. The second-order valence-corrected chi connectivity index (χ2v) is 7.61. The first-order valence-corrected chi connectivity index (χ1v) is 8.69. The van der Waals surface area contributed by atoms with Crippen molar-refractivity contribution in [1.82, 2.24) is 0 Å². The lowest BCUT2D eigenvalue weighted by Crippen LogP contribution is -2.15. The summed E-state index contributed by atoms with van der Waals surface area (Å²) in [7, 11) is 1.69. The highest BCUT2D eigenvalue weighted by atomic mass is 35.5. The predicted molar refractivity (Wildman–Crippen MR) is 99.9 cm³/mol. The van der Waals surface area contributed by atoms with E-state index in [-0.39, 0.29) is 16.7 Å². The molecule has 0 saturated carbocycles. The Morgan fingerprint density at radius 1 is 0.913 bits per heavy atom. The zero-order valence-corrected chi connectivity index (χ0v) is 15.5. The van der Waals surface area contributed by atoms with E-state index in [0.29, 0.717) is 0 Å². The van der Waals surface area contributed by atoms with Crippen LogP contribution in [0.25, 0.3) is 0 Å². The molecule has 2 rings (SSSR count). The van der Waals surface area contributed by atoms with Crippen molar-refractivity contribution >= 4 is 11.6 Å². The molecule has 2 heteroatoms. The first-order chi connectivity index (χ1) is 10.9. The Labute approximate surface area is 145 Å². The van der Waals surface area contributed by atoms with Gasteiger partial charge in [-0.05, 0) is 40.7 Å². The summed E-state index contributed by atoms with van der Waals surface area (Å²) in [6, 6.07) is 17.1. The number of methoxy groups -OCH3 is 1. The van der Waals surface area contributed by atoms with Crippen LogP contribution < -0.4 is 4.74 Å². The molecule has 2 unspecified atom stereocenters. The smallest absolute Gasteiger partial charge is 0.118 e. The SMILES string of the molecule is CCC(Cl)C(c1ccc(OC)cc1)c1ccc(C(C)(C)C)cc1. The summed E-state index contributed by atoms with van der Waals surface area (Å²) in [5.74, 6) is 1.07. The van der Waals surface area contributed by atoms with Gasteiger partial charge >= 0.3 is 0 Å². The van der Waals surface area contributed by atoms with Crippen LogP contribution in [0.5, 0.6) is 5.75 Å². The van der Waals surface area contributed by atoms with Crippen LogP contribution in [0.3, 0.4) is 0 Å². The highest BCUT2D eigenvalue weighted by Gasteiger charge is 2.23. The van der Waals surface area contributed by atoms with Gasteiger partial charge in [0.2, 0.25) is 0 Å². The topological polar surface area (TPSA) is 9.23 Å². The molecule has 2 atom stereocenters. The van der Waals surface area contributed by atoms with E-state index in [9.17, 15) is 0 Å². The molecule has 0 heterocycles. The average Bonchev–Trinajstić information content (AvgIpc) is 2.55. The maximum Gasteiger partial charge on any atom is 0.118 e. The standard InChI is InChI=1S/C21H27ClO/c1-6-19(22)20(16-9-13-18(23-5)14-10-16)15-7-11-17(12-8-15)21(2,3)4/h7-14,19-20H,6H2,1-5H3. The minimum absolute atomic E-state index is 0.0730. The number of hydrogen-bond donors (Lipinski definition) is 0. The van der Waals surface area contributed by atoms with Crippen LogP contribution in [-0.2, 0) is 5.41 Å². The number of hydrogen-bond acceptors (Lipinski definition) is 1. The molecule has 0 N–H and O–H groups in total. The molecular formula is C21H27ClO. The molecule has 0 aliphatic rings. The van der Waals surface area contributed by atoms with Crippen LogP contribution in [0.15, 0.2) is 48.5 Å². The molecule has 0 saturated heterocycles. The van der Waals surface area contributed by atoms with E-state index in [1.54, 1.807) is 7.11 Å². The first-order valence-electron chi connectivity index (χ1n) is 8.25. The Kier molecular flexibility index (Phi) is 5.75. The van der Waals surface area contributed by atoms with Gasteiger partial charge in [-0.2, -0.15) is 0 Å². The lowest BCUT2D eigenvalue weighted by atomic mass is 9.83. The van der Waals surface area contributed by atoms with Gasteiger partial charge in [-0.1, -0.05) is 64.1 Å². The van der Waals surface area contributed by atoms with E-state index in [0.717, 1.165) is 12.2 Å². The zero-order valence-electron chi connectivity index (χ0n) is 14.8. The van der Waals surface area contributed by atoms with Crippen molar-refractivity contribution in [1.29, 1.82) is 0 Å². The fraction of sp³-hybridized carbons (Fsp3) is 0.429. The molecule has 0 aliphatic carbocycles. The summed E-state index contributed by atoms with van der Waals surface area (Å²) in [5, 5.41) is 0.0730. The summed E-state index contributed by atoms with van der Waals surface area (Å²) in [6.07, 6.45) is 0.930. The van der Waals surface area contributed by atoms with E-state index in [4.69, 9.17) is 16.3 Å². The van der Waals surface area contributed by atoms with Gasteiger partial charge < -0.3 is 4.74 Å². The highest BCUT2D eigenvalue weighted by molar-refractivity contribution is 6.21. The minimum atomic E-state index is 0.0730. The highest BCUT2D eigenvalue weighted by Crippen LogP contribution is 2.35. The van der Waals surface area contributed by atoms with Crippen molar-refractivity contribution in [2.24, 2.45) is 0 Å². The third-order valence-electron chi connectivity index (χ3n) is 4.36. The maximum atomic E-state index is 6.67. The molecule has 2 aromatic carbocycles. The van der Waals surface area contributed by atoms with Crippen LogP contribution >= 0.6 is 11.6 Å². The van der Waals surface area contributed by atoms with Gasteiger partial charge in [0.15, 0.2) is 0 Å². The molecule has 0 aliphatic heterocycles. The molecule has 0 radical (unpaired) electrons. The van der Waals surface area contributed by atoms with Gasteiger partial charge in [0.05, 0.1) is 7.11 Å². The summed E-state index contributed by atoms with van der Waals surface area (Å²) >= 11 is 6.67. The first kappa shape index (κ1) is 17.9. The van der Waals surface area contributed by atoms with Crippen LogP contribution in [0.1, 0.15) is 56.7 Å². The number of benzene rings is 2. The number of halogens is 1. The quantitative estimate of drug-likeness (QED) is 0.598. The Hall–Kier alpha value is -1.47. The number of rotatable bonds is 5. The Balaban J connectivity index is 2.38. The van der Waals surface area contributed by atoms with E-state index in [1.807, 2.05) is 12.1 Å². The van der Waals surface area contributed by atoms with E-state index >= 15 is 0 Å². The Bertz CT molecular complexity index is 608. The van der Waals surface area contributed by atoms with Crippen molar-refractivity contribution in [3.8, 4) is 5.75 Å². The van der Waals surface area contributed by atoms with Gasteiger partial charge in [0, 0.05) is 11.3 Å². The molecule has 0 fully saturated rings. The molecule has 0 bridgehead atoms. The van der Waals surface area contributed by atoms with Crippen molar-refractivity contribution in [2.75, 3.05) is 7.11 Å². The summed E-state index contributed by atoms with van der Waals surface area (Å²) in [5.41, 5.74) is 4.01. The van der Waals surface area contributed by atoms with Gasteiger partial charge in [0.1, 0.15) is 5.75 Å². The van der Waals surface area contributed by atoms with E-state index in [2.05, 4.69) is 64.1 Å². The van der Waals surface area contributed by atoms with Crippen LogP contribution in [0.2, 0.25) is 0 Å². The molecule has 23 heavy (non-hydrogen) atoms. The second-order valence-electron chi connectivity index (χ2n) is 7.05. The third kappa shape index (κ3) is 4.29. The van der Waals surface area contributed by atoms with Crippen molar-refractivity contribution in [3.63, 3.8) is 0 Å². The lowest BCUT2D eigenvalue weighted by molar-refractivity contribution is 0.414. The van der Waals surface area contributed by atoms with E-state index < -0.39 is 0 Å². The lowest BCUT2D eigenvalue weighted by Gasteiger charge is -2.25. The van der Waals surface area contributed by atoms with Crippen LogP contribution in [-0.4, -0.2) is 12.5 Å². The molecular weight excluding hydrogens is 304 g/mol. The molecule has 0 amide bonds. The van der Waals surface area contributed by atoms with Gasteiger partial charge in [-0.3, -0.25) is 0 Å². The average molecular weight is 331 g/mol. The van der Waals surface area contributed by atoms with Crippen LogP contribution in [0.4, 0.5) is 0 Å². The normalized spacial score (nSPS) is 14.3. The molecule has 0 spiro atoms. The fourth-order valence-electron chi connectivity index (χ4n) is 2.85. The summed E-state index contributed by atoms with van der Waals surface area (Å²) < 4.78 is 5.26. The number of ether oxygens (including phenoxy) is 1. The molecule has 2 aromatic rings. The van der Waals surface area contributed by atoms with Gasteiger partial charge in [0.25, 0.3) is 0 Å². The molecule has 1 nitrogen and oxygen atoms in total. The fourth-order valence-corrected chi connectivity index (χ4v) is 3.14. The van der Waals surface area contributed by atoms with Crippen molar-refractivity contribution in [2.45, 2.75) is 50.8 Å². The third-order valence-corrected chi connectivity index (χ3v) is 4.92. The van der Waals surface area contributed by atoms with Gasteiger partial charge in [-0.15, -0.1) is 11.6 Å². The number of alkyl halides is 1. The van der Waals surface area contributed by atoms with Crippen molar-refractivity contribution in [3.05, 3.63) is 65.2 Å². The molecule has 0 aromatic heterocycles. The van der Waals surface area contributed by atoms with Gasteiger partial charge in [-0.25, -0.2) is 0 Å². The second kappa shape index (κ2) is 7.40. The Morgan fingerprint density at radius 2 is 1.39 bits per heavy atom. The summed E-state index contributed by atoms with van der Waals surface area (Å²) in [6.45, 7) is 8.84. The zero-order chi connectivity index (χ0) is 17.0. The monoisotopic (exact) mass is 330 g/mol. The maximum absolute atomic E-state index is 6.67. The summed E-state index contributed by atoms with van der Waals surface area (Å²) in [4.78, 5) is 0. The molecule has 124 valence electrons.